The van der Waals surface area contributed by atoms with Crippen LogP contribution in [-0.4, -0.2) is 66.4 Å². The van der Waals surface area contributed by atoms with Gasteiger partial charge in [-0.25, -0.2) is 0 Å². The number of hydrogen-bond donors (Lipinski definition) is 1. The standard InChI is InChI=1S/C17H29O7.Al.HI.H/c1-7-8(2)13(19)17(22-10(7)4)24-14-9(3)11(5)21-16(20)15(14)23-12(6)18;;;/h7-11,13-17,19H,1-6H3;;1H;/q-1;+2;;/p-1/t7-,8+,9+,10?,11?,13?,14+,15?,16-,17+;;;/m1.../s1. The van der Waals surface area contributed by atoms with E-state index in [-0.39, 0.29) is 30.0 Å². The Bertz CT molecular complexity index is 482. The highest BCUT2D eigenvalue weighted by molar-refractivity contribution is 14.1. The summed E-state index contributed by atoms with van der Waals surface area (Å²) >= 11 is 1.40. The Balaban J connectivity index is 2.22. The molecule has 0 aromatic carbocycles. The number of carbonyl (C=O) groups is 1. The molecule has 9 heteroatoms. The van der Waals surface area contributed by atoms with E-state index < -0.39 is 49.1 Å². The van der Waals surface area contributed by atoms with Crippen LogP contribution in [0.5, 0.6) is 0 Å². The number of aliphatic hydroxyl groups excluding tert-OH is 1. The third kappa shape index (κ3) is 5.12. The van der Waals surface area contributed by atoms with E-state index >= 15 is 0 Å². The summed E-state index contributed by atoms with van der Waals surface area (Å²) in [5.41, 5.74) is 0. The Labute approximate surface area is 173 Å². The van der Waals surface area contributed by atoms with E-state index in [0.29, 0.717) is 0 Å². The molecule has 0 saturated carbocycles. The molecule has 2 fully saturated rings. The van der Waals surface area contributed by atoms with Gasteiger partial charge in [0.25, 0.3) is 0 Å². The van der Waals surface area contributed by atoms with Crippen molar-refractivity contribution in [1.29, 1.82) is 0 Å². The maximum atomic E-state index is 11.6. The molecule has 7 nitrogen and oxygen atoms in total. The summed E-state index contributed by atoms with van der Waals surface area (Å²) in [5, 5.41) is 10.6. The molecule has 0 aromatic heterocycles. The first-order chi connectivity index (χ1) is 12.2. The Morgan fingerprint density at radius 3 is 2.12 bits per heavy atom. The quantitative estimate of drug-likeness (QED) is 0.350. The predicted octanol–water partition coefficient (Wildman–Crippen LogP) is 1.78. The number of hydrogen-bond acceptors (Lipinski definition) is 7. The molecule has 0 radical (unpaired) electrons. The van der Waals surface area contributed by atoms with Crippen molar-refractivity contribution in [3.05, 3.63) is 0 Å². The van der Waals surface area contributed by atoms with Crippen LogP contribution < -0.4 is 0 Å². The molecule has 2 aliphatic rings. The minimum Gasteiger partial charge on any atom is -0.470 e. The summed E-state index contributed by atoms with van der Waals surface area (Å²) in [5.74, 6) is -0.215. The van der Waals surface area contributed by atoms with Crippen LogP contribution >= 0.6 is 20.3 Å². The first-order valence-corrected chi connectivity index (χ1v) is 14.9. The molecule has 4 unspecified atom stereocenters. The van der Waals surface area contributed by atoms with E-state index in [4.69, 9.17) is 22.7 Å². The summed E-state index contributed by atoms with van der Waals surface area (Å²) in [6.07, 6.45) is -3.53. The molecular weight excluding hydrogens is 470 g/mol. The van der Waals surface area contributed by atoms with Crippen LogP contribution in [0.2, 0.25) is 0 Å². The average molecular weight is 500 g/mol. The minimum absolute atomic E-state index is 0.0352. The number of halogens is 1. The highest BCUT2D eigenvalue weighted by atomic mass is 127. The van der Waals surface area contributed by atoms with Crippen LogP contribution in [-0.2, 0) is 27.5 Å². The molecule has 0 amide bonds. The first kappa shape index (κ1) is 22.8. The fourth-order valence-corrected chi connectivity index (χ4v) is 4.97. The Morgan fingerprint density at radius 1 is 0.962 bits per heavy atom. The zero-order valence-electron chi connectivity index (χ0n) is 16.3. The molecule has 0 aromatic rings. The molecule has 10 atom stereocenters. The molecule has 2 heterocycles. The lowest BCUT2D eigenvalue weighted by molar-refractivity contribution is -0.329. The van der Waals surface area contributed by atoms with Gasteiger partial charge in [0.05, 0.1) is 12.2 Å². The number of carbonyl (C=O) groups excluding carboxylic acids is 1. The second-order valence-electron chi connectivity index (χ2n) is 7.44. The lowest BCUT2D eigenvalue weighted by Crippen LogP contribution is -2.59. The molecule has 0 aliphatic carbocycles. The van der Waals surface area contributed by atoms with Crippen molar-refractivity contribution >= 4 is 38.5 Å². The molecule has 2 rings (SSSR count). The van der Waals surface area contributed by atoms with Crippen molar-refractivity contribution in [3.63, 3.8) is 0 Å². The maximum Gasteiger partial charge on any atom is 0.527 e. The van der Waals surface area contributed by atoms with Crippen molar-refractivity contribution < 1.29 is 32.6 Å². The van der Waals surface area contributed by atoms with Gasteiger partial charge < -0.3 is 27.8 Å². The highest BCUT2D eigenvalue weighted by Crippen LogP contribution is 2.36. The Morgan fingerprint density at radius 2 is 1.54 bits per heavy atom. The molecule has 0 spiro atoms. The summed E-state index contributed by atoms with van der Waals surface area (Å²) in [7, 11) is 0. The highest BCUT2D eigenvalue weighted by Gasteiger charge is 2.49. The van der Waals surface area contributed by atoms with Crippen LogP contribution in [0, 0.1) is 17.8 Å². The van der Waals surface area contributed by atoms with Crippen molar-refractivity contribution in [2.24, 2.45) is 17.8 Å². The van der Waals surface area contributed by atoms with E-state index in [2.05, 4.69) is 27.2 Å². The fourth-order valence-electron chi connectivity index (χ4n) is 3.52. The summed E-state index contributed by atoms with van der Waals surface area (Å²) in [4.78, 5) is 11.6. The number of aliphatic hydroxyl groups is 1. The number of ether oxygens (including phenoxy) is 4. The summed E-state index contributed by atoms with van der Waals surface area (Å²) < 4.78 is 29.3. The van der Waals surface area contributed by atoms with Gasteiger partial charge in [0, 0.05) is 12.8 Å². The van der Waals surface area contributed by atoms with Gasteiger partial charge in [0.1, 0.15) is 12.2 Å². The smallest absolute Gasteiger partial charge is 0.470 e. The minimum atomic E-state index is -0.806. The predicted molar refractivity (Wildman–Crippen MR) is 105 cm³/mol. The van der Waals surface area contributed by atoms with E-state index in [0.717, 1.165) is 0 Å². The van der Waals surface area contributed by atoms with Crippen LogP contribution in [0.1, 0.15) is 41.5 Å². The number of rotatable bonds is 5. The second kappa shape index (κ2) is 9.83. The van der Waals surface area contributed by atoms with Crippen LogP contribution in [0.3, 0.4) is 0 Å². The lowest BCUT2D eigenvalue weighted by Gasteiger charge is -2.48. The maximum absolute atomic E-state index is 11.6. The summed E-state index contributed by atoms with van der Waals surface area (Å²) in [6, 6.07) is 0. The van der Waals surface area contributed by atoms with Gasteiger partial charge in [-0.1, -0.05) is 20.8 Å². The molecule has 2 aliphatic heterocycles. The van der Waals surface area contributed by atoms with Crippen molar-refractivity contribution in [3.8, 4) is 0 Å². The van der Waals surface area contributed by atoms with Crippen molar-refractivity contribution in [1.82, 2.24) is 0 Å². The van der Waals surface area contributed by atoms with Crippen LogP contribution in [0.25, 0.3) is 0 Å². The lowest BCUT2D eigenvalue weighted by atomic mass is 9.84. The van der Waals surface area contributed by atoms with E-state index in [9.17, 15) is 9.90 Å². The zero-order valence-corrected chi connectivity index (χ0v) is 19.8. The Hall–Kier alpha value is 0.532. The topological polar surface area (TPSA) is 83.5 Å². The zero-order chi connectivity index (χ0) is 19.6. The third-order valence-corrected chi connectivity index (χ3v) is 7.29. The number of esters is 1. The van der Waals surface area contributed by atoms with Gasteiger partial charge in [0.15, 0.2) is 18.7 Å². The van der Waals surface area contributed by atoms with Gasteiger partial charge in [0.2, 0.25) is 0 Å². The van der Waals surface area contributed by atoms with Gasteiger partial charge in [-0.15, -0.1) is 0 Å². The molecule has 1 N–H and O–H groups in total. The Kier molecular flexibility index (Phi) is 8.63. The monoisotopic (exact) mass is 500 g/mol. The molecule has 150 valence electrons. The van der Waals surface area contributed by atoms with Gasteiger partial charge in [-0.3, -0.25) is 4.79 Å². The van der Waals surface area contributed by atoms with E-state index in [1.165, 1.54) is 6.92 Å². The van der Waals surface area contributed by atoms with Crippen LogP contribution in [0.4, 0.5) is 0 Å². The normalized spacial score (nSPS) is 46.6. The second-order valence-corrected chi connectivity index (χ2v) is 9.86. The average Bonchev–Trinajstić information content (AvgIpc) is 2.57. The SMILES string of the molecule is CC(=O)OC1[C@H]([O][AlH][I])OC(C)[C@H](C)[C@@H]1O[C@@H]1OC(C)[C@H](C)[C@H](C)C1O. The molecule has 2 saturated heterocycles. The van der Waals surface area contributed by atoms with E-state index in [1.807, 2.05) is 27.7 Å². The van der Waals surface area contributed by atoms with Crippen LogP contribution in [0.15, 0.2) is 0 Å². The van der Waals surface area contributed by atoms with Crippen molar-refractivity contribution in [2.45, 2.75) is 84.6 Å². The molecule has 0 bridgehead atoms. The van der Waals surface area contributed by atoms with Gasteiger partial charge in [-0.2, -0.15) is 20.3 Å². The first-order valence-electron chi connectivity index (χ1n) is 9.16. The fraction of sp³-hybridized carbons (Fsp3) is 0.941. The largest absolute Gasteiger partial charge is 0.527 e. The molecule has 26 heavy (non-hydrogen) atoms. The van der Waals surface area contributed by atoms with Gasteiger partial charge in [-0.05, 0) is 25.7 Å². The summed E-state index contributed by atoms with van der Waals surface area (Å²) in [6.45, 7) is 11.3. The van der Waals surface area contributed by atoms with Crippen molar-refractivity contribution in [2.75, 3.05) is 0 Å². The van der Waals surface area contributed by atoms with Gasteiger partial charge >= 0.3 is 18.2 Å². The molecular formula is C17H30AlIO7. The third-order valence-electron chi connectivity index (χ3n) is 5.76. The van der Waals surface area contributed by atoms with E-state index in [1.54, 1.807) is 0 Å².